The molecule has 1 amide bonds. The summed E-state index contributed by atoms with van der Waals surface area (Å²) in [5.74, 6) is 0.843. The average Bonchev–Trinajstić information content (AvgIpc) is 3.11. The molecule has 5 nitrogen and oxygen atoms in total. The molecule has 2 heterocycles. The molecule has 0 saturated heterocycles. The Kier molecular flexibility index (Phi) is 4.31. The van der Waals surface area contributed by atoms with Crippen LogP contribution in [0.2, 0.25) is 0 Å². The highest BCUT2D eigenvalue weighted by Crippen LogP contribution is 2.21. The Morgan fingerprint density at radius 2 is 1.84 bits per heavy atom. The molecule has 0 bridgehead atoms. The Morgan fingerprint density at radius 1 is 1.12 bits per heavy atom. The van der Waals surface area contributed by atoms with E-state index in [-0.39, 0.29) is 12.0 Å². The second-order valence-electron chi connectivity index (χ2n) is 6.07. The summed E-state index contributed by atoms with van der Waals surface area (Å²) in [4.78, 5) is 16.8. The molecule has 0 spiro atoms. The number of carbonyl (C=O) groups is 1. The van der Waals surface area contributed by atoms with Crippen LogP contribution in [0.25, 0.3) is 11.3 Å². The Balaban J connectivity index is 1.40. The molecular formula is C20H19N3O2. The maximum atomic E-state index is 12.1. The first-order valence-corrected chi connectivity index (χ1v) is 8.36. The van der Waals surface area contributed by atoms with E-state index in [0.29, 0.717) is 25.3 Å². The fourth-order valence-electron chi connectivity index (χ4n) is 2.96. The van der Waals surface area contributed by atoms with E-state index in [0.717, 1.165) is 17.1 Å². The van der Waals surface area contributed by atoms with Gasteiger partial charge in [0.2, 0.25) is 0 Å². The third-order valence-corrected chi connectivity index (χ3v) is 4.30. The van der Waals surface area contributed by atoms with Gasteiger partial charge in [-0.1, -0.05) is 48.5 Å². The SMILES string of the molecule is O=C(NC[C@H]1Cn2cc(-c3ccccc3)nc2CO1)c1ccccc1. The standard InChI is InChI=1S/C20H19N3O2/c24-20(16-9-5-2-6-10-16)21-11-17-12-23-13-18(22-19(23)14-25-17)15-7-3-1-4-8-15/h1-10,13,17H,11-12,14H2,(H,21,24)/t17-/m0/s1. The fourth-order valence-corrected chi connectivity index (χ4v) is 2.96. The maximum absolute atomic E-state index is 12.1. The van der Waals surface area contributed by atoms with Crippen LogP contribution in [0.3, 0.4) is 0 Å². The minimum atomic E-state index is -0.0781. The summed E-state index contributed by atoms with van der Waals surface area (Å²) in [7, 11) is 0. The van der Waals surface area contributed by atoms with Crippen molar-refractivity contribution in [2.24, 2.45) is 0 Å². The van der Waals surface area contributed by atoms with E-state index in [1.54, 1.807) is 12.1 Å². The number of fused-ring (bicyclic) bond motifs is 1. The first kappa shape index (κ1) is 15.6. The number of hydrogen-bond acceptors (Lipinski definition) is 3. The van der Waals surface area contributed by atoms with Crippen LogP contribution in [0.15, 0.2) is 66.9 Å². The summed E-state index contributed by atoms with van der Waals surface area (Å²) < 4.78 is 7.96. The molecule has 0 saturated carbocycles. The quantitative estimate of drug-likeness (QED) is 0.799. The van der Waals surface area contributed by atoms with Gasteiger partial charge in [0.25, 0.3) is 5.91 Å². The van der Waals surface area contributed by atoms with E-state index < -0.39 is 0 Å². The minimum absolute atomic E-state index is 0.0574. The largest absolute Gasteiger partial charge is 0.367 e. The van der Waals surface area contributed by atoms with E-state index in [1.807, 2.05) is 48.5 Å². The van der Waals surface area contributed by atoms with Gasteiger partial charge >= 0.3 is 0 Å². The zero-order valence-electron chi connectivity index (χ0n) is 13.8. The van der Waals surface area contributed by atoms with Crippen molar-refractivity contribution in [2.45, 2.75) is 19.3 Å². The summed E-state index contributed by atoms with van der Waals surface area (Å²) in [6, 6.07) is 19.3. The Hall–Kier alpha value is -2.92. The molecule has 0 aliphatic carbocycles. The van der Waals surface area contributed by atoms with Crippen LogP contribution >= 0.6 is 0 Å². The number of benzene rings is 2. The van der Waals surface area contributed by atoms with Crippen LogP contribution in [0.5, 0.6) is 0 Å². The molecule has 25 heavy (non-hydrogen) atoms. The highest BCUT2D eigenvalue weighted by molar-refractivity contribution is 5.94. The van der Waals surface area contributed by atoms with Gasteiger partial charge in [-0.05, 0) is 12.1 Å². The molecule has 1 aliphatic rings. The molecule has 2 aromatic carbocycles. The van der Waals surface area contributed by atoms with Crippen LogP contribution in [-0.4, -0.2) is 28.1 Å². The van der Waals surface area contributed by atoms with Gasteiger partial charge in [-0.15, -0.1) is 0 Å². The van der Waals surface area contributed by atoms with Crippen molar-refractivity contribution < 1.29 is 9.53 Å². The first-order valence-electron chi connectivity index (χ1n) is 8.36. The van der Waals surface area contributed by atoms with Crippen molar-refractivity contribution in [1.82, 2.24) is 14.9 Å². The second kappa shape index (κ2) is 6.91. The second-order valence-corrected chi connectivity index (χ2v) is 6.07. The van der Waals surface area contributed by atoms with Gasteiger partial charge in [-0.2, -0.15) is 0 Å². The number of hydrogen-bond donors (Lipinski definition) is 1. The molecule has 5 heteroatoms. The van der Waals surface area contributed by atoms with E-state index in [1.165, 1.54) is 0 Å². The molecule has 0 fully saturated rings. The lowest BCUT2D eigenvalue weighted by Gasteiger charge is -2.24. The van der Waals surface area contributed by atoms with E-state index in [9.17, 15) is 4.79 Å². The van der Waals surface area contributed by atoms with Crippen molar-refractivity contribution in [3.05, 3.63) is 78.2 Å². The summed E-state index contributed by atoms with van der Waals surface area (Å²) in [5, 5.41) is 2.94. The Labute approximate surface area is 146 Å². The van der Waals surface area contributed by atoms with Crippen molar-refractivity contribution in [3.8, 4) is 11.3 Å². The molecule has 0 radical (unpaired) electrons. The lowest BCUT2D eigenvalue weighted by Crippen LogP contribution is -2.38. The summed E-state index contributed by atoms with van der Waals surface area (Å²) >= 11 is 0. The number of ether oxygens (including phenoxy) is 1. The van der Waals surface area contributed by atoms with E-state index in [2.05, 4.69) is 21.1 Å². The highest BCUT2D eigenvalue weighted by atomic mass is 16.5. The number of nitrogens with one attached hydrogen (secondary N) is 1. The lowest BCUT2D eigenvalue weighted by molar-refractivity contribution is 0.00327. The van der Waals surface area contributed by atoms with Gasteiger partial charge < -0.3 is 14.6 Å². The third kappa shape index (κ3) is 3.46. The fraction of sp³-hybridized carbons (Fsp3) is 0.200. The van der Waals surface area contributed by atoms with Gasteiger partial charge in [0, 0.05) is 23.9 Å². The minimum Gasteiger partial charge on any atom is -0.367 e. The molecular weight excluding hydrogens is 314 g/mol. The van der Waals surface area contributed by atoms with Crippen molar-refractivity contribution >= 4 is 5.91 Å². The van der Waals surface area contributed by atoms with Crippen LogP contribution in [0.4, 0.5) is 0 Å². The van der Waals surface area contributed by atoms with Crippen molar-refractivity contribution in [3.63, 3.8) is 0 Å². The van der Waals surface area contributed by atoms with Gasteiger partial charge in [0.15, 0.2) is 0 Å². The highest BCUT2D eigenvalue weighted by Gasteiger charge is 2.22. The van der Waals surface area contributed by atoms with Gasteiger partial charge in [0.05, 0.1) is 18.3 Å². The molecule has 4 rings (SSSR count). The topological polar surface area (TPSA) is 56.2 Å². The van der Waals surface area contributed by atoms with Crippen molar-refractivity contribution in [1.29, 1.82) is 0 Å². The molecule has 3 aromatic rings. The Bertz CT molecular complexity index is 859. The average molecular weight is 333 g/mol. The predicted molar refractivity (Wildman–Crippen MR) is 95.0 cm³/mol. The number of amides is 1. The number of nitrogens with zero attached hydrogens (tertiary/aromatic N) is 2. The number of carbonyl (C=O) groups excluding carboxylic acids is 1. The van der Waals surface area contributed by atoms with Crippen molar-refractivity contribution in [2.75, 3.05) is 6.54 Å². The molecule has 1 aromatic heterocycles. The zero-order valence-corrected chi connectivity index (χ0v) is 13.8. The van der Waals surface area contributed by atoms with Gasteiger partial charge in [-0.3, -0.25) is 4.79 Å². The maximum Gasteiger partial charge on any atom is 0.251 e. The number of imidazole rings is 1. The van der Waals surface area contributed by atoms with E-state index >= 15 is 0 Å². The van der Waals surface area contributed by atoms with Crippen LogP contribution in [0.1, 0.15) is 16.2 Å². The lowest BCUT2D eigenvalue weighted by atomic mass is 10.2. The number of aromatic nitrogens is 2. The summed E-state index contributed by atoms with van der Waals surface area (Å²) in [6.07, 6.45) is 2.00. The first-order chi connectivity index (χ1) is 12.3. The monoisotopic (exact) mass is 333 g/mol. The molecule has 126 valence electrons. The molecule has 1 aliphatic heterocycles. The summed E-state index contributed by atoms with van der Waals surface area (Å²) in [5.41, 5.74) is 2.71. The molecule has 1 N–H and O–H groups in total. The third-order valence-electron chi connectivity index (χ3n) is 4.30. The molecule has 1 atom stereocenters. The summed E-state index contributed by atoms with van der Waals surface area (Å²) in [6.45, 7) is 1.62. The number of rotatable bonds is 4. The van der Waals surface area contributed by atoms with Gasteiger partial charge in [-0.25, -0.2) is 4.98 Å². The smallest absolute Gasteiger partial charge is 0.251 e. The van der Waals surface area contributed by atoms with Gasteiger partial charge in [0.1, 0.15) is 12.4 Å². The normalized spacial score (nSPS) is 16.2. The molecule has 0 unspecified atom stereocenters. The van der Waals surface area contributed by atoms with Crippen LogP contribution < -0.4 is 5.32 Å². The Morgan fingerprint density at radius 3 is 2.60 bits per heavy atom. The zero-order chi connectivity index (χ0) is 17.1. The van der Waals surface area contributed by atoms with E-state index in [4.69, 9.17) is 4.74 Å². The van der Waals surface area contributed by atoms with Crippen LogP contribution in [0, 0.1) is 0 Å². The predicted octanol–water partition coefficient (Wildman–Crippen LogP) is 2.88. The van der Waals surface area contributed by atoms with Crippen LogP contribution in [-0.2, 0) is 17.9 Å².